The predicted molar refractivity (Wildman–Crippen MR) is 58.0 cm³/mol. The van der Waals surface area contributed by atoms with Gasteiger partial charge in [-0.2, -0.15) is 0 Å². The maximum Gasteiger partial charge on any atom is 0.0163 e. The van der Waals surface area contributed by atoms with E-state index >= 15 is 0 Å². The van der Waals surface area contributed by atoms with Crippen LogP contribution in [0.4, 0.5) is 0 Å². The maximum absolute atomic E-state index is 4.32. The van der Waals surface area contributed by atoms with Crippen molar-refractivity contribution in [2.24, 2.45) is 0 Å². The minimum absolute atomic E-state index is 0. The van der Waals surface area contributed by atoms with E-state index in [2.05, 4.69) is 37.0 Å². The predicted octanol–water partition coefficient (Wildman–Crippen LogP) is 3.16. The molecule has 0 bridgehead atoms. The molecule has 1 aromatic heterocycles. The van der Waals surface area contributed by atoms with E-state index in [4.69, 9.17) is 0 Å². The van der Waals surface area contributed by atoms with Crippen molar-refractivity contribution in [2.75, 3.05) is 0 Å². The molecule has 1 aromatic carbocycles. The smallest absolute Gasteiger partial charge is 0.0163 e. The van der Waals surface area contributed by atoms with Gasteiger partial charge in [-0.3, -0.25) is 0 Å². The Bertz CT molecular complexity index is 408. The van der Waals surface area contributed by atoms with Crippen molar-refractivity contribution < 1.29 is 20.1 Å². The summed E-state index contributed by atoms with van der Waals surface area (Å²) in [4.78, 5) is 4.32. The molecule has 1 radical (unpaired) electrons. The van der Waals surface area contributed by atoms with Gasteiger partial charge in [-0.1, -0.05) is 18.6 Å². The average molecular weight is 374 g/mol. The van der Waals surface area contributed by atoms with Crippen LogP contribution in [-0.4, -0.2) is 4.98 Å². The second-order valence-corrected chi connectivity index (χ2v) is 3.50. The van der Waals surface area contributed by atoms with Crippen LogP contribution in [0.1, 0.15) is 11.1 Å². The SMILES string of the molecule is Cc1cc[c-]c(-c2cc(C)ccn2)c1.[Ir]. The van der Waals surface area contributed by atoms with Crippen LogP contribution in [-0.2, 0) is 20.1 Å². The van der Waals surface area contributed by atoms with Gasteiger partial charge in [0.25, 0.3) is 0 Å². The fourth-order valence-corrected chi connectivity index (χ4v) is 1.41. The summed E-state index contributed by atoms with van der Waals surface area (Å²) in [7, 11) is 0. The Hall–Kier alpha value is -0.981. The monoisotopic (exact) mass is 375 g/mol. The van der Waals surface area contributed by atoms with Crippen LogP contribution in [0.2, 0.25) is 0 Å². The molecule has 15 heavy (non-hydrogen) atoms. The number of pyridine rings is 1. The van der Waals surface area contributed by atoms with Crippen molar-refractivity contribution >= 4 is 0 Å². The summed E-state index contributed by atoms with van der Waals surface area (Å²) in [5, 5.41) is 0. The summed E-state index contributed by atoms with van der Waals surface area (Å²) in [6.07, 6.45) is 1.83. The minimum atomic E-state index is 0. The van der Waals surface area contributed by atoms with Crippen LogP contribution in [0.3, 0.4) is 0 Å². The van der Waals surface area contributed by atoms with Gasteiger partial charge < -0.3 is 4.98 Å². The molecule has 1 heterocycles. The molecule has 0 aliphatic carbocycles. The van der Waals surface area contributed by atoms with Crippen LogP contribution in [0.15, 0.2) is 36.5 Å². The topological polar surface area (TPSA) is 12.9 Å². The van der Waals surface area contributed by atoms with E-state index in [1.807, 2.05) is 24.4 Å². The molecule has 0 aliphatic rings. The zero-order valence-corrected chi connectivity index (χ0v) is 11.1. The first kappa shape index (κ1) is 12.1. The molecule has 0 spiro atoms. The van der Waals surface area contributed by atoms with E-state index in [0.717, 1.165) is 11.3 Å². The summed E-state index contributed by atoms with van der Waals surface area (Å²) < 4.78 is 0. The van der Waals surface area contributed by atoms with Crippen LogP contribution < -0.4 is 0 Å². The first-order valence-electron chi connectivity index (χ1n) is 4.67. The van der Waals surface area contributed by atoms with E-state index in [-0.39, 0.29) is 20.1 Å². The van der Waals surface area contributed by atoms with Gasteiger partial charge >= 0.3 is 0 Å². The summed E-state index contributed by atoms with van der Waals surface area (Å²) >= 11 is 0. The van der Waals surface area contributed by atoms with Gasteiger partial charge in [0.2, 0.25) is 0 Å². The molecule has 0 aliphatic heterocycles. The standard InChI is InChI=1S/C13H12N.Ir/c1-10-4-3-5-12(8-10)13-9-11(2)6-7-14-13;/h3-4,6-9H,1-2H3;/q-1;. The molecule has 2 heteroatoms. The largest absolute Gasteiger partial charge is 0.305 e. The van der Waals surface area contributed by atoms with Crippen molar-refractivity contribution in [3.05, 3.63) is 53.7 Å². The number of hydrogen-bond donors (Lipinski definition) is 0. The first-order valence-corrected chi connectivity index (χ1v) is 4.67. The Kier molecular flexibility index (Phi) is 4.19. The van der Waals surface area contributed by atoms with Gasteiger partial charge in [0.1, 0.15) is 0 Å². The van der Waals surface area contributed by atoms with E-state index < -0.39 is 0 Å². The maximum atomic E-state index is 4.32. The third-order valence-electron chi connectivity index (χ3n) is 2.15. The second-order valence-electron chi connectivity index (χ2n) is 3.50. The molecule has 1 nitrogen and oxygen atoms in total. The fraction of sp³-hybridized carbons (Fsp3) is 0.154. The average Bonchev–Trinajstić information content (AvgIpc) is 2.18. The summed E-state index contributed by atoms with van der Waals surface area (Å²) in [6.45, 7) is 4.15. The van der Waals surface area contributed by atoms with Crippen LogP contribution >= 0.6 is 0 Å². The number of aromatic nitrogens is 1. The van der Waals surface area contributed by atoms with Crippen molar-refractivity contribution in [1.29, 1.82) is 0 Å². The molecule has 2 aromatic rings. The Morgan fingerprint density at radius 3 is 2.47 bits per heavy atom. The summed E-state index contributed by atoms with van der Waals surface area (Å²) in [6, 6.07) is 13.3. The van der Waals surface area contributed by atoms with Gasteiger partial charge in [-0.25, -0.2) is 0 Å². The van der Waals surface area contributed by atoms with Crippen LogP contribution in [0.5, 0.6) is 0 Å². The Balaban J connectivity index is 0.00000112. The Morgan fingerprint density at radius 1 is 1.07 bits per heavy atom. The third kappa shape index (κ3) is 2.98. The Labute approximate surface area is 104 Å². The molecule has 0 atom stereocenters. The van der Waals surface area contributed by atoms with Crippen molar-refractivity contribution in [1.82, 2.24) is 4.98 Å². The molecule has 0 amide bonds. The normalized spacial score (nSPS) is 9.47. The zero-order valence-electron chi connectivity index (χ0n) is 8.74. The molecular formula is C13H12IrN-. The molecule has 0 fully saturated rings. The van der Waals surface area contributed by atoms with E-state index in [0.29, 0.717) is 0 Å². The van der Waals surface area contributed by atoms with Crippen molar-refractivity contribution in [2.45, 2.75) is 13.8 Å². The summed E-state index contributed by atoms with van der Waals surface area (Å²) in [5.41, 5.74) is 4.52. The van der Waals surface area contributed by atoms with Gasteiger partial charge in [-0.05, 0) is 18.7 Å². The van der Waals surface area contributed by atoms with E-state index in [1.165, 1.54) is 11.1 Å². The number of hydrogen-bond acceptors (Lipinski definition) is 1. The number of aryl methyl sites for hydroxylation is 2. The molecule has 0 N–H and O–H groups in total. The van der Waals surface area contributed by atoms with Gasteiger partial charge in [0.05, 0.1) is 0 Å². The van der Waals surface area contributed by atoms with E-state index in [1.54, 1.807) is 0 Å². The molecule has 0 saturated carbocycles. The Morgan fingerprint density at radius 2 is 1.80 bits per heavy atom. The van der Waals surface area contributed by atoms with Crippen LogP contribution in [0.25, 0.3) is 11.3 Å². The molecule has 0 unspecified atom stereocenters. The van der Waals surface area contributed by atoms with Crippen LogP contribution in [0, 0.1) is 19.9 Å². The molecule has 79 valence electrons. The molecular weight excluding hydrogens is 362 g/mol. The van der Waals surface area contributed by atoms with Crippen molar-refractivity contribution in [3.8, 4) is 11.3 Å². The number of rotatable bonds is 1. The number of benzene rings is 1. The minimum Gasteiger partial charge on any atom is -0.305 e. The van der Waals surface area contributed by atoms with E-state index in [9.17, 15) is 0 Å². The molecule has 2 rings (SSSR count). The van der Waals surface area contributed by atoms with Gasteiger partial charge in [-0.15, -0.1) is 35.4 Å². The first-order chi connectivity index (χ1) is 6.75. The fourth-order valence-electron chi connectivity index (χ4n) is 1.41. The third-order valence-corrected chi connectivity index (χ3v) is 2.15. The summed E-state index contributed by atoms with van der Waals surface area (Å²) in [5.74, 6) is 0. The van der Waals surface area contributed by atoms with Gasteiger partial charge in [0, 0.05) is 26.3 Å². The van der Waals surface area contributed by atoms with Gasteiger partial charge in [0.15, 0.2) is 0 Å². The molecule has 0 saturated heterocycles. The second kappa shape index (κ2) is 5.20. The van der Waals surface area contributed by atoms with Crippen molar-refractivity contribution in [3.63, 3.8) is 0 Å². The number of nitrogens with zero attached hydrogens (tertiary/aromatic N) is 1. The zero-order chi connectivity index (χ0) is 9.97. The quantitative estimate of drug-likeness (QED) is 0.699.